The number of aryl methyl sites for hydroxylation is 2. The van der Waals surface area contributed by atoms with Crippen LogP contribution in [0.3, 0.4) is 0 Å². The van der Waals surface area contributed by atoms with Crippen LogP contribution in [-0.2, 0) is 36.7 Å². The summed E-state index contributed by atoms with van der Waals surface area (Å²) in [5, 5.41) is 11.3. The van der Waals surface area contributed by atoms with E-state index in [1.54, 1.807) is 17.0 Å². The fourth-order valence-electron chi connectivity index (χ4n) is 5.83. The van der Waals surface area contributed by atoms with Gasteiger partial charge in [-0.2, -0.15) is 0 Å². The van der Waals surface area contributed by atoms with Crippen LogP contribution in [0.1, 0.15) is 65.8 Å². The van der Waals surface area contributed by atoms with Crippen molar-refractivity contribution in [2.75, 3.05) is 31.6 Å². The number of anilines is 1. The third-order valence-electron chi connectivity index (χ3n) is 8.51. The van der Waals surface area contributed by atoms with Crippen molar-refractivity contribution in [1.82, 2.24) is 24.2 Å². The molecular formula is C30H38N6O3. The molecule has 1 N–H and O–H groups in total. The summed E-state index contributed by atoms with van der Waals surface area (Å²) in [4.78, 5) is 29.4. The molecule has 3 aromatic rings. The second-order valence-electron chi connectivity index (χ2n) is 11.7. The number of nitrogens with one attached hydrogen (secondary N) is 1. The maximum absolute atomic E-state index is 13.5. The molecule has 1 amide bonds. The first-order valence-electron chi connectivity index (χ1n) is 14.3. The summed E-state index contributed by atoms with van der Waals surface area (Å²) in [7, 11) is 1.94. The van der Waals surface area contributed by atoms with Gasteiger partial charge < -0.3 is 19.2 Å². The zero-order valence-corrected chi connectivity index (χ0v) is 22.8. The number of amides is 1. The Labute approximate surface area is 229 Å². The normalized spacial score (nSPS) is 19.0. The fraction of sp³-hybridized carbons (Fsp3) is 0.533. The average Bonchev–Trinajstić information content (AvgIpc) is 3.66. The molecule has 0 bridgehead atoms. The molecule has 1 saturated carbocycles. The minimum atomic E-state index is -0.356. The molecule has 0 radical (unpaired) electrons. The molecular weight excluding hydrogens is 492 g/mol. The number of carbonyl (C=O) groups is 1. The monoisotopic (exact) mass is 530 g/mol. The van der Waals surface area contributed by atoms with Crippen LogP contribution >= 0.6 is 0 Å². The van der Waals surface area contributed by atoms with E-state index in [9.17, 15) is 9.59 Å². The number of rotatable bonds is 10. The molecule has 9 nitrogen and oxygen atoms in total. The van der Waals surface area contributed by atoms with Crippen LogP contribution in [0.2, 0.25) is 0 Å². The number of pyridine rings is 1. The first-order valence-corrected chi connectivity index (χ1v) is 14.3. The van der Waals surface area contributed by atoms with Gasteiger partial charge in [0.25, 0.3) is 11.5 Å². The molecule has 6 rings (SSSR count). The summed E-state index contributed by atoms with van der Waals surface area (Å²) in [6.07, 6.45) is 11.5. The number of carbonyl (C=O) groups excluding carboxylic acids is 1. The van der Waals surface area contributed by atoms with Gasteiger partial charge in [0, 0.05) is 43.9 Å². The van der Waals surface area contributed by atoms with Gasteiger partial charge in [0.1, 0.15) is 17.7 Å². The Bertz CT molecular complexity index is 1380. The lowest BCUT2D eigenvalue weighted by Gasteiger charge is -2.41. The molecule has 2 aromatic heterocycles. The van der Waals surface area contributed by atoms with Gasteiger partial charge in [-0.05, 0) is 67.6 Å². The second-order valence-corrected chi connectivity index (χ2v) is 11.7. The average molecular weight is 531 g/mol. The van der Waals surface area contributed by atoms with E-state index in [-0.39, 0.29) is 22.4 Å². The van der Waals surface area contributed by atoms with Crippen LogP contribution in [0.4, 0.5) is 5.69 Å². The molecule has 0 atom stereocenters. The predicted octanol–water partition coefficient (Wildman–Crippen LogP) is 3.53. The molecule has 3 fully saturated rings. The van der Waals surface area contributed by atoms with Crippen LogP contribution in [0, 0.1) is 5.92 Å². The first-order chi connectivity index (χ1) is 19.0. The van der Waals surface area contributed by atoms with Crippen LogP contribution in [-0.4, -0.2) is 56.4 Å². The molecule has 2 aliphatic heterocycles. The Morgan fingerprint density at radius 1 is 1.15 bits per heavy atom. The number of hydrogen-bond donors (Lipinski definition) is 1. The SMILES string of the molecule is Cn1cnnc1CC1(c2cccc(NC(=O)c3cc(CN4CCCCC4)cn(CCC4CC4)c3=O)c2)COC1. The van der Waals surface area contributed by atoms with E-state index in [0.717, 1.165) is 43.0 Å². The lowest BCUT2D eigenvalue weighted by atomic mass is 9.75. The third-order valence-corrected chi connectivity index (χ3v) is 8.51. The van der Waals surface area contributed by atoms with E-state index in [1.807, 2.05) is 36.0 Å². The van der Waals surface area contributed by atoms with Crippen molar-refractivity contribution in [3.05, 3.63) is 75.7 Å². The van der Waals surface area contributed by atoms with Gasteiger partial charge in [-0.1, -0.05) is 31.4 Å². The molecule has 1 aliphatic carbocycles. The highest BCUT2D eigenvalue weighted by Gasteiger charge is 2.41. The standard InChI is InChI=1S/C30H38N6O3/c1-34-21-31-33-27(34)16-30(19-39-20-30)24-6-5-7-25(15-24)32-28(37)26-14-23(17-35-11-3-2-4-12-35)18-36(29(26)38)13-10-22-8-9-22/h5-7,14-15,18,21-22H,2-4,8-13,16-17,19-20H2,1H3,(H,32,37). The van der Waals surface area contributed by atoms with Crippen LogP contribution in [0.15, 0.2) is 47.7 Å². The van der Waals surface area contributed by atoms with Gasteiger partial charge in [-0.3, -0.25) is 14.5 Å². The lowest BCUT2D eigenvalue weighted by molar-refractivity contribution is -0.0610. The van der Waals surface area contributed by atoms with Crippen molar-refractivity contribution in [2.24, 2.45) is 13.0 Å². The number of nitrogens with zero attached hydrogens (tertiary/aromatic N) is 5. The van der Waals surface area contributed by atoms with Gasteiger partial charge in [0.15, 0.2) is 0 Å². The number of hydrogen-bond acceptors (Lipinski definition) is 6. The second kappa shape index (κ2) is 11.1. The molecule has 0 spiro atoms. The zero-order valence-electron chi connectivity index (χ0n) is 22.8. The molecule has 3 aliphatic rings. The number of likely N-dealkylation sites (tertiary alicyclic amines) is 1. The third kappa shape index (κ3) is 5.84. The molecule has 2 saturated heterocycles. The largest absolute Gasteiger partial charge is 0.379 e. The Kier molecular flexibility index (Phi) is 7.36. The summed E-state index contributed by atoms with van der Waals surface area (Å²) < 4.78 is 9.32. The topological polar surface area (TPSA) is 94.3 Å². The van der Waals surface area contributed by atoms with Crippen LogP contribution in [0.25, 0.3) is 0 Å². The van der Waals surface area contributed by atoms with E-state index in [1.165, 1.54) is 32.1 Å². The van der Waals surface area contributed by atoms with Crippen molar-refractivity contribution in [3.8, 4) is 0 Å². The van der Waals surface area contributed by atoms with E-state index in [2.05, 4.69) is 26.5 Å². The van der Waals surface area contributed by atoms with Crippen LogP contribution < -0.4 is 10.9 Å². The van der Waals surface area contributed by atoms with Crippen molar-refractivity contribution < 1.29 is 9.53 Å². The van der Waals surface area contributed by atoms with E-state index >= 15 is 0 Å². The highest BCUT2D eigenvalue weighted by Crippen LogP contribution is 2.36. The smallest absolute Gasteiger partial charge is 0.263 e. The number of ether oxygens (including phenoxy) is 1. The minimum Gasteiger partial charge on any atom is -0.379 e. The Morgan fingerprint density at radius 3 is 2.67 bits per heavy atom. The molecule has 4 heterocycles. The van der Waals surface area contributed by atoms with Crippen molar-refractivity contribution in [1.29, 1.82) is 0 Å². The quantitative estimate of drug-likeness (QED) is 0.431. The van der Waals surface area contributed by atoms with Crippen molar-refractivity contribution >= 4 is 11.6 Å². The molecule has 0 unspecified atom stereocenters. The summed E-state index contributed by atoms with van der Waals surface area (Å²) in [5.74, 6) is 1.25. The molecule has 9 heteroatoms. The molecule has 1 aromatic carbocycles. The van der Waals surface area contributed by atoms with Gasteiger partial charge in [0.05, 0.1) is 13.2 Å². The van der Waals surface area contributed by atoms with E-state index in [0.29, 0.717) is 37.8 Å². The Hall–Kier alpha value is -3.30. The number of piperidine rings is 1. The number of benzene rings is 1. The van der Waals surface area contributed by atoms with E-state index < -0.39 is 0 Å². The zero-order chi connectivity index (χ0) is 26.8. The maximum Gasteiger partial charge on any atom is 0.263 e. The maximum atomic E-state index is 13.5. The van der Waals surface area contributed by atoms with Gasteiger partial charge in [0.2, 0.25) is 0 Å². The van der Waals surface area contributed by atoms with Gasteiger partial charge in [-0.15, -0.1) is 10.2 Å². The summed E-state index contributed by atoms with van der Waals surface area (Å²) in [5.41, 5.74) is 2.57. The Morgan fingerprint density at radius 2 is 1.97 bits per heavy atom. The number of aromatic nitrogens is 4. The summed E-state index contributed by atoms with van der Waals surface area (Å²) in [6, 6.07) is 9.69. The van der Waals surface area contributed by atoms with E-state index in [4.69, 9.17) is 4.74 Å². The van der Waals surface area contributed by atoms with Gasteiger partial charge in [-0.25, -0.2) is 0 Å². The van der Waals surface area contributed by atoms with Gasteiger partial charge >= 0.3 is 0 Å². The fourth-order valence-corrected chi connectivity index (χ4v) is 5.83. The molecule has 206 valence electrons. The summed E-state index contributed by atoms with van der Waals surface area (Å²) in [6.45, 7) is 4.73. The highest BCUT2D eigenvalue weighted by molar-refractivity contribution is 6.04. The van der Waals surface area contributed by atoms with Crippen molar-refractivity contribution in [3.63, 3.8) is 0 Å². The summed E-state index contributed by atoms with van der Waals surface area (Å²) >= 11 is 0. The highest BCUT2D eigenvalue weighted by atomic mass is 16.5. The predicted molar refractivity (Wildman–Crippen MR) is 149 cm³/mol. The van der Waals surface area contributed by atoms with Crippen molar-refractivity contribution in [2.45, 2.75) is 63.5 Å². The Balaban J connectivity index is 1.23. The minimum absolute atomic E-state index is 0.210. The van der Waals surface area contributed by atoms with Crippen LogP contribution in [0.5, 0.6) is 0 Å². The lowest BCUT2D eigenvalue weighted by Crippen LogP contribution is -2.49. The molecule has 39 heavy (non-hydrogen) atoms. The first kappa shape index (κ1) is 26.0.